The smallest absolute Gasteiger partial charge is 0.0386 e. The topological polar surface area (TPSA) is 18.5 Å². The summed E-state index contributed by atoms with van der Waals surface area (Å²) < 4.78 is 0. The first-order chi connectivity index (χ1) is 8.18. The van der Waals surface area contributed by atoms with Gasteiger partial charge in [0.2, 0.25) is 0 Å². The van der Waals surface area contributed by atoms with E-state index in [1.807, 2.05) is 0 Å². The van der Waals surface area contributed by atoms with Crippen LogP contribution in [0.1, 0.15) is 13.3 Å². The molecule has 3 heteroatoms. The molecule has 2 rings (SSSR count). The van der Waals surface area contributed by atoms with Crippen molar-refractivity contribution < 1.29 is 0 Å². The predicted octanol–water partition coefficient (Wildman–Crippen LogP) is 1.94. The fraction of sp³-hybridized carbons (Fsp3) is 0.571. The zero-order valence-corrected chi connectivity index (χ0v) is 11.1. The summed E-state index contributed by atoms with van der Waals surface area (Å²) in [6, 6.07) is 9.43. The van der Waals surface area contributed by atoms with Gasteiger partial charge < -0.3 is 15.1 Å². The van der Waals surface area contributed by atoms with Crippen LogP contribution in [0.15, 0.2) is 24.3 Å². The van der Waals surface area contributed by atoms with Crippen LogP contribution < -0.4 is 15.1 Å². The highest BCUT2D eigenvalue weighted by Gasteiger charge is 2.16. The number of anilines is 2. The normalized spacial score (nSPS) is 21.1. The Kier molecular flexibility index (Phi) is 3.89. The lowest BCUT2D eigenvalue weighted by atomic mass is 10.2. The van der Waals surface area contributed by atoms with Crippen LogP contribution in [0.3, 0.4) is 0 Å². The summed E-state index contributed by atoms with van der Waals surface area (Å²) in [7, 11) is 4.15. The molecule has 1 fully saturated rings. The van der Waals surface area contributed by atoms with Crippen LogP contribution in [0.25, 0.3) is 0 Å². The number of rotatable bonds is 2. The van der Waals surface area contributed by atoms with Crippen molar-refractivity contribution >= 4 is 11.4 Å². The molecule has 1 aliphatic rings. The molecule has 0 spiro atoms. The molecule has 94 valence electrons. The Morgan fingerprint density at radius 1 is 1.24 bits per heavy atom. The van der Waals surface area contributed by atoms with E-state index in [9.17, 15) is 0 Å². The summed E-state index contributed by atoms with van der Waals surface area (Å²) in [5.74, 6) is 0. The van der Waals surface area contributed by atoms with Gasteiger partial charge in [-0.15, -0.1) is 0 Å². The van der Waals surface area contributed by atoms with E-state index in [1.165, 1.54) is 17.8 Å². The van der Waals surface area contributed by atoms with Gasteiger partial charge >= 0.3 is 0 Å². The molecule has 0 aromatic heterocycles. The van der Waals surface area contributed by atoms with Gasteiger partial charge in [0.1, 0.15) is 0 Å². The molecular weight excluding hydrogens is 210 g/mol. The Morgan fingerprint density at radius 3 is 2.59 bits per heavy atom. The van der Waals surface area contributed by atoms with Gasteiger partial charge in [-0.25, -0.2) is 0 Å². The van der Waals surface area contributed by atoms with E-state index in [0.717, 1.165) is 19.6 Å². The maximum absolute atomic E-state index is 3.48. The van der Waals surface area contributed by atoms with Crippen LogP contribution in [-0.2, 0) is 0 Å². The molecule has 1 unspecified atom stereocenters. The minimum absolute atomic E-state index is 0.572. The molecular formula is C14H23N3. The van der Waals surface area contributed by atoms with Crippen LogP contribution in [0, 0.1) is 0 Å². The van der Waals surface area contributed by atoms with Gasteiger partial charge in [-0.2, -0.15) is 0 Å². The molecule has 1 saturated heterocycles. The van der Waals surface area contributed by atoms with Gasteiger partial charge in [0.15, 0.2) is 0 Å². The minimum atomic E-state index is 0.572. The zero-order chi connectivity index (χ0) is 12.3. The molecule has 1 N–H and O–H groups in total. The van der Waals surface area contributed by atoms with Crippen LogP contribution in [0.2, 0.25) is 0 Å². The number of benzene rings is 1. The van der Waals surface area contributed by atoms with E-state index in [0.29, 0.717) is 6.04 Å². The van der Waals surface area contributed by atoms with E-state index in [1.54, 1.807) is 0 Å². The van der Waals surface area contributed by atoms with Gasteiger partial charge in [-0.1, -0.05) is 0 Å². The van der Waals surface area contributed by atoms with Gasteiger partial charge in [0.05, 0.1) is 0 Å². The molecule has 1 heterocycles. The Balaban J connectivity index is 2.14. The molecule has 1 aliphatic heterocycles. The molecule has 0 amide bonds. The van der Waals surface area contributed by atoms with E-state index >= 15 is 0 Å². The van der Waals surface area contributed by atoms with Crippen LogP contribution >= 0.6 is 0 Å². The number of hydrogen-bond donors (Lipinski definition) is 1. The van der Waals surface area contributed by atoms with Crippen molar-refractivity contribution in [1.29, 1.82) is 0 Å². The molecule has 1 atom stereocenters. The Hall–Kier alpha value is -1.22. The van der Waals surface area contributed by atoms with Crippen molar-refractivity contribution in [3.05, 3.63) is 24.3 Å². The van der Waals surface area contributed by atoms with Crippen LogP contribution in [-0.4, -0.2) is 39.8 Å². The highest BCUT2D eigenvalue weighted by molar-refractivity contribution is 5.56. The van der Waals surface area contributed by atoms with Gasteiger partial charge in [-0.05, 0) is 44.2 Å². The van der Waals surface area contributed by atoms with E-state index in [4.69, 9.17) is 0 Å². The van der Waals surface area contributed by atoms with Crippen LogP contribution in [0.4, 0.5) is 11.4 Å². The molecule has 0 aliphatic carbocycles. The molecule has 0 saturated carbocycles. The summed E-state index contributed by atoms with van der Waals surface area (Å²) in [4.78, 5) is 4.64. The molecule has 0 bridgehead atoms. The van der Waals surface area contributed by atoms with Gasteiger partial charge in [0, 0.05) is 44.6 Å². The second-order valence-electron chi connectivity index (χ2n) is 5.01. The van der Waals surface area contributed by atoms with Gasteiger partial charge in [-0.3, -0.25) is 0 Å². The van der Waals surface area contributed by atoms with E-state index in [2.05, 4.69) is 60.4 Å². The Morgan fingerprint density at radius 2 is 1.94 bits per heavy atom. The van der Waals surface area contributed by atoms with Crippen molar-refractivity contribution in [3.8, 4) is 0 Å². The average Bonchev–Trinajstić information content (AvgIpc) is 2.54. The third-order valence-corrected chi connectivity index (χ3v) is 3.42. The standard InChI is InChI=1S/C14H23N3/c1-12-11-15-9-4-10-17(12)14-7-5-13(6-8-14)16(2)3/h5-8,12,15H,4,9-11H2,1-3H3. The second kappa shape index (κ2) is 5.41. The zero-order valence-electron chi connectivity index (χ0n) is 11.1. The maximum atomic E-state index is 3.48. The highest BCUT2D eigenvalue weighted by atomic mass is 15.2. The average molecular weight is 233 g/mol. The fourth-order valence-corrected chi connectivity index (χ4v) is 2.34. The molecule has 1 aromatic carbocycles. The highest BCUT2D eigenvalue weighted by Crippen LogP contribution is 2.22. The first-order valence-electron chi connectivity index (χ1n) is 6.43. The maximum Gasteiger partial charge on any atom is 0.0386 e. The van der Waals surface area contributed by atoms with Crippen molar-refractivity contribution in [3.63, 3.8) is 0 Å². The number of nitrogens with one attached hydrogen (secondary N) is 1. The summed E-state index contributed by atoms with van der Waals surface area (Å²) in [6.45, 7) is 5.65. The SMILES string of the molecule is CC1CNCCCN1c1ccc(N(C)C)cc1. The molecule has 3 nitrogen and oxygen atoms in total. The third-order valence-electron chi connectivity index (χ3n) is 3.42. The first-order valence-corrected chi connectivity index (χ1v) is 6.43. The lowest BCUT2D eigenvalue weighted by Crippen LogP contribution is -2.37. The molecule has 17 heavy (non-hydrogen) atoms. The molecule has 0 radical (unpaired) electrons. The summed E-state index contributed by atoms with van der Waals surface area (Å²) in [6.07, 6.45) is 1.22. The number of hydrogen-bond acceptors (Lipinski definition) is 3. The van der Waals surface area contributed by atoms with Crippen molar-refractivity contribution in [2.75, 3.05) is 43.5 Å². The van der Waals surface area contributed by atoms with Crippen molar-refractivity contribution in [1.82, 2.24) is 5.32 Å². The summed E-state index contributed by atoms with van der Waals surface area (Å²) in [5.41, 5.74) is 2.60. The predicted molar refractivity (Wildman–Crippen MR) is 75.1 cm³/mol. The van der Waals surface area contributed by atoms with Crippen molar-refractivity contribution in [2.24, 2.45) is 0 Å². The largest absolute Gasteiger partial charge is 0.378 e. The lowest BCUT2D eigenvalue weighted by Gasteiger charge is -2.29. The Labute approximate surface area is 104 Å². The lowest BCUT2D eigenvalue weighted by molar-refractivity contribution is 0.630. The quantitative estimate of drug-likeness (QED) is 0.842. The van der Waals surface area contributed by atoms with Gasteiger partial charge in [0.25, 0.3) is 0 Å². The third kappa shape index (κ3) is 2.91. The summed E-state index contributed by atoms with van der Waals surface area (Å²) in [5, 5.41) is 3.48. The fourth-order valence-electron chi connectivity index (χ4n) is 2.34. The molecule has 1 aromatic rings. The van der Waals surface area contributed by atoms with Crippen molar-refractivity contribution in [2.45, 2.75) is 19.4 Å². The Bertz CT molecular complexity index is 345. The number of nitrogens with zero attached hydrogens (tertiary/aromatic N) is 2. The summed E-state index contributed by atoms with van der Waals surface area (Å²) >= 11 is 0. The monoisotopic (exact) mass is 233 g/mol. The second-order valence-corrected chi connectivity index (χ2v) is 5.01. The minimum Gasteiger partial charge on any atom is -0.378 e. The first kappa shape index (κ1) is 12.2. The van der Waals surface area contributed by atoms with Crippen LogP contribution in [0.5, 0.6) is 0 Å². The van der Waals surface area contributed by atoms with E-state index in [-0.39, 0.29) is 0 Å². The van der Waals surface area contributed by atoms with E-state index < -0.39 is 0 Å².